The number of aryl methyl sites for hydroxylation is 2. The quantitative estimate of drug-likeness (QED) is 0.832. The number of carboxylic acids is 1. The van der Waals surface area contributed by atoms with Crippen molar-refractivity contribution in [3.8, 4) is 0 Å². The van der Waals surface area contributed by atoms with Crippen molar-refractivity contribution in [1.82, 2.24) is 0 Å². The van der Waals surface area contributed by atoms with E-state index in [1.54, 1.807) is 18.2 Å². The molecule has 0 atom stereocenters. The summed E-state index contributed by atoms with van der Waals surface area (Å²) in [5, 5.41) is 8.96. The number of carbonyl (C=O) groups is 1. The van der Waals surface area contributed by atoms with Gasteiger partial charge in [0.15, 0.2) is 0 Å². The van der Waals surface area contributed by atoms with Crippen LogP contribution in [0.5, 0.6) is 0 Å². The number of carboxylic acid groups (broad SMARTS) is 1. The normalized spacial score (nSPS) is 10.8. The first-order valence-electron chi connectivity index (χ1n) is 6.15. The average Bonchev–Trinajstić information content (AvgIpc) is 2.38. The van der Waals surface area contributed by atoms with Crippen molar-refractivity contribution in [2.45, 2.75) is 13.8 Å². The van der Waals surface area contributed by atoms with Gasteiger partial charge in [-0.25, -0.2) is 4.79 Å². The molecule has 0 heterocycles. The fraction of sp³-hybridized carbons (Fsp3) is 0.118. The van der Waals surface area contributed by atoms with Gasteiger partial charge in [0, 0.05) is 0 Å². The molecule has 2 aromatic carbocycles. The zero-order chi connectivity index (χ0) is 13.8. The molecule has 0 spiro atoms. The minimum Gasteiger partial charge on any atom is -0.478 e. The summed E-state index contributed by atoms with van der Waals surface area (Å²) in [4.78, 5) is 10.9. The second kappa shape index (κ2) is 5.53. The molecule has 0 fully saturated rings. The number of hydrogen-bond donors (Lipinski definition) is 1. The van der Waals surface area contributed by atoms with Gasteiger partial charge in [-0.15, -0.1) is 0 Å². The zero-order valence-electron chi connectivity index (χ0n) is 11.1. The molecule has 0 saturated carbocycles. The van der Waals surface area contributed by atoms with Gasteiger partial charge in [0.1, 0.15) is 0 Å². The van der Waals surface area contributed by atoms with Gasteiger partial charge in [0.25, 0.3) is 0 Å². The molecular formula is C17H16O2. The van der Waals surface area contributed by atoms with Gasteiger partial charge in [-0.3, -0.25) is 0 Å². The van der Waals surface area contributed by atoms with Crippen LogP contribution >= 0.6 is 0 Å². The van der Waals surface area contributed by atoms with Crippen LogP contribution in [0.15, 0.2) is 42.5 Å². The van der Waals surface area contributed by atoms with E-state index in [1.165, 1.54) is 16.7 Å². The average molecular weight is 252 g/mol. The lowest BCUT2D eigenvalue weighted by Crippen LogP contribution is -1.95. The maximum absolute atomic E-state index is 10.9. The smallest absolute Gasteiger partial charge is 0.335 e. The Labute approximate surface area is 113 Å². The molecular weight excluding hydrogens is 236 g/mol. The van der Waals surface area contributed by atoms with Crippen molar-refractivity contribution >= 4 is 18.1 Å². The van der Waals surface area contributed by atoms with Crippen LogP contribution in [0.25, 0.3) is 12.2 Å². The zero-order valence-corrected chi connectivity index (χ0v) is 11.1. The van der Waals surface area contributed by atoms with Crippen molar-refractivity contribution in [3.63, 3.8) is 0 Å². The highest BCUT2D eigenvalue weighted by Crippen LogP contribution is 2.17. The van der Waals surface area contributed by atoms with E-state index >= 15 is 0 Å². The van der Waals surface area contributed by atoms with E-state index in [0.717, 1.165) is 5.56 Å². The van der Waals surface area contributed by atoms with Crippen LogP contribution in [0.3, 0.4) is 0 Å². The summed E-state index contributed by atoms with van der Waals surface area (Å²) in [5.74, 6) is -0.901. The maximum Gasteiger partial charge on any atom is 0.335 e. The third kappa shape index (κ3) is 3.10. The molecule has 0 aliphatic heterocycles. The Morgan fingerprint density at radius 2 is 1.63 bits per heavy atom. The van der Waals surface area contributed by atoms with Crippen molar-refractivity contribution in [2.75, 3.05) is 0 Å². The lowest BCUT2D eigenvalue weighted by Gasteiger charge is -2.04. The van der Waals surface area contributed by atoms with Gasteiger partial charge in [-0.05, 0) is 48.2 Å². The second-order valence-corrected chi connectivity index (χ2v) is 4.57. The molecule has 2 rings (SSSR count). The van der Waals surface area contributed by atoms with Gasteiger partial charge in [0.2, 0.25) is 0 Å². The fourth-order valence-electron chi connectivity index (χ4n) is 2.05. The highest BCUT2D eigenvalue weighted by Gasteiger charge is 2.02. The highest BCUT2D eigenvalue weighted by molar-refractivity contribution is 5.88. The standard InChI is InChI=1S/C17H16O2/c1-12-5-3-6-13(2)16(12)10-9-14-7-4-8-15(11-14)17(18)19/h3-11H,1-2H3,(H,18,19). The minimum absolute atomic E-state index is 0.309. The molecule has 2 nitrogen and oxygen atoms in total. The highest BCUT2D eigenvalue weighted by atomic mass is 16.4. The molecule has 0 bridgehead atoms. The summed E-state index contributed by atoms with van der Waals surface area (Å²) in [6, 6.07) is 13.1. The first-order valence-corrected chi connectivity index (χ1v) is 6.15. The maximum atomic E-state index is 10.9. The summed E-state index contributed by atoms with van der Waals surface area (Å²) in [5.41, 5.74) is 4.81. The van der Waals surface area contributed by atoms with E-state index in [0.29, 0.717) is 5.56 Å². The van der Waals surface area contributed by atoms with Gasteiger partial charge in [-0.2, -0.15) is 0 Å². The predicted molar refractivity (Wildman–Crippen MR) is 78.2 cm³/mol. The van der Waals surface area contributed by atoms with Crippen LogP contribution in [-0.4, -0.2) is 11.1 Å². The molecule has 19 heavy (non-hydrogen) atoms. The Bertz CT molecular complexity index is 619. The number of aromatic carboxylic acids is 1. The van der Waals surface area contributed by atoms with Gasteiger partial charge in [-0.1, -0.05) is 42.5 Å². The van der Waals surface area contributed by atoms with E-state index in [-0.39, 0.29) is 0 Å². The Morgan fingerprint density at radius 3 is 2.26 bits per heavy atom. The fourth-order valence-corrected chi connectivity index (χ4v) is 2.05. The molecule has 2 heteroatoms. The van der Waals surface area contributed by atoms with Gasteiger partial charge < -0.3 is 5.11 Å². The van der Waals surface area contributed by atoms with E-state index < -0.39 is 5.97 Å². The predicted octanol–water partition coefficient (Wildman–Crippen LogP) is 4.17. The van der Waals surface area contributed by atoms with Crippen molar-refractivity contribution < 1.29 is 9.90 Å². The van der Waals surface area contributed by atoms with E-state index in [4.69, 9.17) is 5.11 Å². The van der Waals surface area contributed by atoms with Crippen LogP contribution in [0, 0.1) is 13.8 Å². The Hall–Kier alpha value is -2.35. The number of rotatable bonds is 3. The van der Waals surface area contributed by atoms with Crippen LogP contribution < -0.4 is 0 Å². The molecule has 1 N–H and O–H groups in total. The summed E-state index contributed by atoms with van der Waals surface area (Å²) >= 11 is 0. The Morgan fingerprint density at radius 1 is 1.00 bits per heavy atom. The molecule has 0 saturated heterocycles. The number of hydrogen-bond acceptors (Lipinski definition) is 1. The number of benzene rings is 2. The first-order chi connectivity index (χ1) is 9.08. The van der Waals surface area contributed by atoms with E-state index in [1.807, 2.05) is 24.3 Å². The van der Waals surface area contributed by atoms with Crippen LogP contribution in [0.2, 0.25) is 0 Å². The van der Waals surface area contributed by atoms with E-state index in [2.05, 4.69) is 26.0 Å². The molecule has 96 valence electrons. The lowest BCUT2D eigenvalue weighted by molar-refractivity contribution is 0.0697. The van der Waals surface area contributed by atoms with Crippen molar-refractivity contribution in [2.24, 2.45) is 0 Å². The van der Waals surface area contributed by atoms with Gasteiger partial charge in [0.05, 0.1) is 5.56 Å². The summed E-state index contributed by atoms with van der Waals surface area (Å²) in [6.45, 7) is 4.14. The topological polar surface area (TPSA) is 37.3 Å². The van der Waals surface area contributed by atoms with E-state index in [9.17, 15) is 4.79 Å². The molecule has 0 aromatic heterocycles. The lowest BCUT2D eigenvalue weighted by atomic mass is 10.0. The molecule has 0 amide bonds. The third-order valence-electron chi connectivity index (χ3n) is 3.12. The second-order valence-electron chi connectivity index (χ2n) is 4.57. The molecule has 0 radical (unpaired) electrons. The monoisotopic (exact) mass is 252 g/mol. The first kappa shape index (κ1) is 13.1. The van der Waals surface area contributed by atoms with Gasteiger partial charge >= 0.3 is 5.97 Å². The minimum atomic E-state index is -0.901. The van der Waals surface area contributed by atoms with Crippen molar-refractivity contribution in [3.05, 3.63) is 70.3 Å². The Balaban J connectivity index is 2.33. The van der Waals surface area contributed by atoms with Crippen LogP contribution in [0.4, 0.5) is 0 Å². The SMILES string of the molecule is Cc1cccc(C)c1C=Cc1cccc(C(=O)O)c1. The largest absolute Gasteiger partial charge is 0.478 e. The summed E-state index contributed by atoms with van der Waals surface area (Å²) in [6.07, 6.45) is 3.98. The summed E-state index contributed by atoms with van der Waals surface area (Å²) in [7, 11) is 0. The van der Waals surface area contributed by atoms with Crippen LogP contribution in [0.1, 0.15) is 32.6 Å². The van der Waals surface area contributed by atoms with Crippen LogP contribution in [-0.2, 0) is 0 Å². The molecule has 2 aromatic rings. The summed E-state index contributed by atoms with van der Waals surface area (Å²) < 4.78 is 0. The molecule has 0 unspecified atom stereocenters. The third-order valence-corrected chi connectivity index (χ3v) is 3.12. The Kier molecular flexibility index (Phi) is 3.81. The molecule has 0 aliphatic carbocycles. The molecule has 0 aliphatic rings. The van der Waals surface area contributed by atoms with Crippen molar-refractivity contribution in [1.29, 1.82) is 0 Å².